The number of carboxylic acid groups (broad SMARTS) is 1. The highest BCUT2D eigenvalue weighted by atomic mass is 16.4. The van der Waals surface area contributed by atoms with Crippen molar-refractivity contribution in [2.24, 2.45) is 0 Å². The molecule has 0 radical (unpaired) electrons. The largest absolute Gasteiger partial charge is 0.478 e. The van der Waals surface area contributed by atoms with Gasteiger partial charge in [-0.05, 0) is 31.8 Å². The molecule has 0 amide bonds. The van der Waals surface area contributed by atoms with Crippen LogP contribution in [0.2, 0.25) is 0 Å². The Bertz CT molecular complexity index is 327. The molecule has 1 saturated carbocycles. The summed E-state index contributed by atoms with van der Waals surface area (Å²) in [6, 6.07) is 0.819. The van der Waals surface area contributed by atoms with E-state index in [1.807, 2.05) is 13.0 Å². The molecule has 3 nitrogen and oxygen atoms in total. The Morgan fingerprint density at radius 1 is 1.53 bits per heavy atom. The van der Waals surface area contributed by atoms with Crippen LogP contribution < -0.4 is 0 Å². The van der Waals surface area contributed by atoms with Gasteiger partial charge in [-0.15, -0.1) is 0 Å². The van der Waals surface area contributed by atoms with Gasteiger partial charge in [-0.25, -0.2) is 4.79 Å². The third-order valence-corrected chi connectivity index (χ3v) is 2.97. The van der Waals surface area contributed by atoms with Gasteiger partial charge in [0.2, 0.25) is 0 Å². The molecule has 82 valence electrons. The molecule has 2 rings (SSSR count). The zero-order valence-corrected chi connectivity index (χ0v) is 9.07. The molecule has 3 heteroatoms. The number of nitrogens with zero attached hydrogens (tertiary/aromatic N) is 1. The number of rotatable bonds is 3. The molecule has 2 aliphatic rings. The van der Waals surface area contributed by atoms with Crippen molar-refractivity contribution in [1.29, 1.82) is 0 Å². The molecular weight excluding hydrogens is 190 g/mol. The lowest BCUT2D eigenvalue weighted by atomic mass is 10.1. The monoisotopic (exact) mass is 207 g/mol. The van der Waals surface area contributed by atoms with Crippen molar-refractivity contribution >= 4 is 5.97 Å². The number of allylic oxidation sites excluding steroid dienone is 2. The fourth-order valence-corrected chi connectivity index (χ4v) is 2.13. The van der Waals surface area contributed by atoms with E-state index in [0.717, 1.165) is 31.1 Å². The third-order valence-electron chi connectivity index (χ3n) is 2.97. The summed E-state index contributed by atoms with van der Waals surface area (Å²) in [6.07, 6.45) is 7.08. The summed E-state index contributed by atoms with van der Waals surface area (Å²) in [4.78, 5) is 12.9. The number of aliphatic carboxylic acids is 1. The van der Waals surface area contributed by atoms with E-state index in [4.69, 9.17) is 5.11 Å². The van der Waals surface area contributed by atoms with Gasteiger partial charge in [0.15, 0.2) is 0 Å². The van der Waals surface area contributed by atoms with E-state index in [1.165, 1.54) is 24.5 Å². The standard InChI is InChI=1S/C12H17NO2/c1-9(7-12(14)15)6-10-4-5-13(8-10)11-2-3-11/h6-7,11H,2-5,8H2,1H3,(H,14,15)/b9-7-,10-6+. The Morgan fingerprint density at radius 2 is 2.27 bits per heavy atom. The van der Waals surface area contributed by atoms with Gasteiger partial charge in [-0.1, -0.05) is 11.6 Å². The molecule has 2 fully saturated rings. The summed E-state index contributed by atoms with van der Waals surface area (Å²) in [5, 5.41) is 8.59. The van der Waals surface area contributed by atoms with Crippen LogP contribution in [-0.2, 0) is 4.79 Å². The lowest BCUT2D eigenvalue weighted by molar-refractivity contribution is -0.131. The molecule has 0 bridgehead atoms. The quantitative estimate of drug-likeness (QED) is 0.717. The number of likely N-dealkylation sites (tertiary alicyclic amines) is 1. The number of hydrogen-bond donors (Lipinski definition) is 1. The molecule has 1 saturated heterocycles. The number of carbonyl (C=O) groups is 1. The van der Waals surface area contributed by atoms with Crippen molar-refractivity contribution < 1.29 is 9.90 Å². The second-order valence-electron chi connectivity index (χ2n) is 4.48. The summed E-state index contributed by atoms with van der Waals surface area (Å²) in [7, 11) is 0. The predicted molar refractivity (Wildman–Crippen MR) is 58.7 cm³/mol. The maximum absolute atomic E-state index is 10.4. The highest BCUT2D eigenvalue weighted by molar-refractivity contribution is 5.81. The van der Waals surface area contributed by atoms with E-state index < -0.39 is 5.97 Å². The highest BCUT2D eigenvalue weighted by Gasteiger charge is 2.31. The molecule has 0 spiro atoms. The summed E-state index contributed by atoms with van der Waals surface area (Å²) in [5.74, 6) is -0.860. The normalized spacial score (nSPS) is 26.2. The first-order valence-corrected chi connectivity index (χ1v) is 5.50. The van der Waals surface area contributed by atoms with Gasteiger partial charge >= 0.3 is 5.97 Å². The summed E-state index contributed by atoms with van der Waals surface area (Å²) in [5.41, 5.74) is 2.21. The van der Waals surface area contributed by atoms with Crippen molar-refractivity contribution in [2.45, 2.75) is 32.2 Å². The van der Waals surface area contributed by atoms with Crippen molar-refractivity contribution in [3.8, 4) is 0 Å². The van der Waals surface area contributed by atoms with Crippen LogP contribution in [0.15, 0.2) is 23.3 Å². The maximum Gasteiger partial charge on any atom is 0.328 e. The van der Waals surface area contributed by atoms with E-state index in [9.17, 15) is 4.79 Å². The molecule has 1 aliphatic heterocycles. The molecule has 0 unspecified atom stereocenters. The van der Waals surface area contributed by atoms with Gasteiger partial charge in [0.05, 0.1) is 0 Å². The van der Waals surface area contributed by atoms with Crippen LogP contribution in [0.4, 0.5) is 0 Å². The first-order chi connectivity index (χ1) is 7.15. The van der Waals surface area contributed by atoms with Crippen LogP contribution >= 0.6 is 0 Å². The van der Waals surface area contributed by atoms with Gasteiger partial charge in [0.1, 0.15) is 0 Å². The van der Waals surface area contributed by atoms with E-state index in [-0.39, 0.29) is 0 Å². The average molecular weight is 207 g/mol. The Hall–Kier alpha value is -1.09. The smallest absolute Gasteiger partial charge is 0.328 e. The van der Waals surface area contributed by atoms with Gasteiger partial charge < -0.3 is 5.11 Å². The molecule has 0 aromatic heterocycles. The van der Waals surface area contributed by atoms with Crippen LogP contribution in [0.5, 0.6) is 0 Å². The second kappa shape index (κ2) is 4.19. The van der Waals surface area contributed by atoms with E-state index in [0.29, 0.717) is 0 Å². The SMILES string of the molecule is CC(=C/C(=O)O)/C=C1\CCN(C2CC2)C1. The van der Waals surface area contributed by atoms with E-state index in [2.05, 4.69) is 4.90 Å². The number of carboxylic acids is 1. The molecule has 0 aromatic rings. The average Bonchev–Trinajstić information content (AvgIpc) is 2.87. The maximum atomic E-state index is 10.4. The van der Waals surface area contributed by atoms with E-state index >= 15 is 0 Å². The van der Waals surface area contributed by atoms with Crippen molar-refractivity contribution in [2.75, 3.05) is 13.1 Å². The fourth-order valence-electron chi connectivity index (χ4n) is 2.13. The molecule has 0 atom stereocenters. The Morgan fingerprint density at radius 3 is 2.87 bits per heavy atom. The summed E-state index contributed by atoms with van der Waals surface area (Å²) >= 11 is 0. The Balaban J connectivity index is 1.94. The van der Waals surface area contributed by atoms with Crippen LogP contribution in [0.3, 0.4) is 0 Å². The van der Waals surface area contributed by atoms with Crippen molar-refractivity contribution in [1.82, 2.24) is 4.90 Å². The second-order valence-corrected chi connectivity index (χ2v) is 4.48. The minimum atomic E-state index is -0.860. The first kappa shape index (κ1) is 10.4. The number of hydrogen-bond acceptors (Lipinski definition) is 2. The fraction of sp³-hybridized carbons (Fsp3) is 0.583. The zero-order valence-electron chi connectivity index (χ0n) is 9.07. The Kier molecular flexibility index (Phi) is 2.91. The lowest BCUT2D eigenvalue weighted by Crippen LogP contribution is -2.21. The zero-order chi connectivity index (χ0) is 10.8. The van der Waals surface area contributed by atoms with Crippen LogP contribution in [-0.4, -0.2) is 35.1 Å². The summed E-state index contributed by atoms with van der Waals surface area (Å²) < 4.78 is 0. The molecule has 1 N–H and O–H groups in total. The Labute approximate surface area is 90.1 Å². The minimum absolute atomic E-state index is 0.819. The molecule has 1 aliphatic carbocycles. The first-order valence-electron chi connectivity index (χ1n) is 5.50. The third kappa shape index (κ3) is 2.93. The van der Waals surface area contributed by atoms with Crippen molar-refractivity contribution in [3.05, 3.63) is 23.3 Å². The highest BCUT2D eigenvalue weighted by Crippen LogP contribution is 2.31. The van der Waals surface area contributed by atoms with Crippen molar-refractivity contribution in [3.63, 3.8) is 0 Å². The van der Waals surface area contributed by atoms with Gasteiger partial charge in [0, 0.05) is 25.2 Å². The molecular formula is C12H17NO2. The van der Waals surface area contributed by atoms with Crippen LogP contribution in [0, 0.1) is 0 Å². The molecule has 1 heterocycles. The predicted octanol–water partition coefficient (Wildman–Crippen LogP) is 1.81. The van der Waals surface area contributed by atoms with Crippen LogP contribution in [0.25, 0.3) is 0 Å². The van der Waals surface area contributed by atoms with E-state index in [1.54, 1.807) is 0 Å². The van der Waals surface area contributed by atoms with Gasteiger partial charge in [0.25, 0.3) is 0 Å². The lowest BCUT2D eigenvalue weighted by Gasteiger charge is -2.11. The molecule has 15 heavy (non-hydrogen) atoms. The van der Waals surface area contributed by atoms with Crippen LogP contribution in [0.1, 0.15) is 26.2 Å². The topological polar surface area (TPSA) is 40.5 Å². The molecule has 0 aromatic carbocycles. The minimum Gasteiger partial charge on any atom is -0.478 e. The van der Waals surface area contributed by atoms with Gasteiger partial charge in [-0.3, -0.25) is 4.90 Å². The summed E-state index contributed by atoms with van der Waals surface area (Å²) in [6.45, 7) is 4.03. The van der Waals surface area contributed by atoms with Gasteiger partial charge in [-0.2, -0.15) is 0 Å².